The van der Waals surface area contributed by atoms with Gasteiger partial charge in [0.1, 0.15) is 0 Å². The van der Waals surface area contributed by atoms with Crippen LogP contribution in [0.5, 0.6) is 0 Å². The highest BCUT2D eigenvalue weighted by Crippen LogP contribution is 2.21. The molecule has 0 aliphatic rings. The standard InChI is InChI=1S/C16H20N2O4/c1-3-14(19)17-12-8-4-5-9-13(12)18-15(20)10-6-7-11-16(21)22-2/h3-5,8-9H,1,6-7,10-11H2,2H3,(H,17,19)(H,18,20). The van der Waals surface area contributed by atoms with Crippen molar-refractivity contribution in [3.63, 3.8) is 0 Å². The number of amides is 2. The molecule has 0 saturated heterocycles. The van der Waals surface area contributed by atoms with Crippen molar-refractivity contribution >= 4 is 29.2 Å². The fourth-order valence-electron chi connectivity index (χ4n) is 1.75. The zero-order valence-electron chi connectivity index (χ0n) is 12.6. The Morgan fingerprint density at radius 3 is 2.27 bits per heavy atom. The number of carbonyl (C=O) groups excluding carboxylic acids is 3. The molecule has 0 saturated carbocycles. The van der Waals surface area contributed by atoms with Crippen LogP contribution in [0.15, 0.2) is 36.9 Å². The van der Waals surface area contributed by atoms with Crippen LogP contribution in [0, 0.1) is 0 Å². The van der Waals surface area contributed by atoms with Crippen LogP contribution in [0.25, 0.3) is 0 Å². The molecule has 2 amide bonds. The zero-order chi connectivity index (χ0) is 16.4. The molecule has 6 nitrogen and oxygen atoms in total. The average Bonchev–Trinajstić information content (AvgIpc) is 2.53. The maximum absolute atomic E-state index is 11.9. The third kappa shape index (κ3) is 6.21. The van der Waals surface area contributed by atoms with E-state index in [1.54, 1.807) is 24.3 Å². The lowest BCUT2D eigenvalue weighted by Gasteiger charge is -2.11. The van der Waals surface area contributed by atoms with E-state index in [-0.39, 0.29) is 17.8 Å². The Kier molecular flexibility index (Phi) is 7.39. The highest BCUT2D eigenvalue weighted by atomic mass is 16.5. The van der Waals surface area contributed by atoms with Crippen LogP contribution < -0.4 is 10.6 Å². The van der Waals surface area contributed by atoms with Crippen molar-refractivity contribution in [1.29, 1.82) is 0 Å². The number of esters is 1. The maximum atomic E-state index is 11.9. The van der Waals surface area contributed by atoms with Gasteiger partial charge in [0.05, 0.1) is 18.5 Å². The number of anilines is 2. The summed E-state index contributed by atoms with van der Waals surface area (Å²) in [5.41, 5.74) is 1.03. The number of benzene rings is 1. The van der Waals surface area contributed by atoms with Crippen LogP contribution in [0.1, 0.15) is 25.7 Å². The molecular weight excluding hydrogens is 284 g/mol. The molecule has 0 aliphatic heterocycles. The second-order valence-corrected chi connectivity index (χ2v) is 4.57. The van der Waals surface area contributed by atoms with Crippen molar-refractivity contribution in [2.75, 3.05) is 17.7 Å². The molecule has 0 aliphatic carbocycles. The van der Waals surface area contributed by atoms with Gasteiger partial charge in [-0.25, -0.2) is 0 Å². The first-order valence-corrected chi connectivity index (χ1v) is 6.96. The monoisotopic (exact) mass is 304 g/mol. The lowest BCUT2D eigenvalue weighted by atomic mass is 10.2. The van der Waals surface area contributed by atoms with Crippen LogP contribution >= 0.6 is 0 Å². The summed E-state index contributed by atoms with van der Waals surface area (Å²) in [4.78, 5) is 34.2. The fourth-order valence-corrected chi connectivity index (χ4v) is 1.75. The van der Waals surface area contributed by atoms with Gasteiger partial charge < -0.3 is 15.4 Å². The van der Waals surface area contributed by atoms with E-state index < -0.39 is 0 Å². The van der Waals surface area contributed by atoms with E-state index >= 15 is 0 Å². The van der Waals surface area contributed by atoms with E-state index in [0.29, 0.717) is 37.1 Å². The smallest absolute Gasteiger partial charge is 0.305 e. The Balaban J connectivity index is 2.48. The van der Waals surface area contributed by atoms with Crippen LogP contribution in [0.4, 0.5) is 11.4 Å². The molecule has 0 radical (unpaired) electrons. The van der Waals surface area contributed by atoms with Crippen molar-refractivity contribution in [3.8, 4) is 0 Å². The third-order valence-electron chi connectivity index (χ3n) is 2.91. The second kappa shape index (κ2) is 9.33. The molecule has 0 unspecified atom stereocenters. The summed E-state index contributed by atoms with van der Waals surface area (Å²) in [7, 11) is 1.34. The van der Waals surface area contributed by atoms with Gasteiger partial charge in [0.15, 0.2) is 0 Å². The number of rotatable bonds is 8. The van der Waals surface area contributed by atoms with Crippen LogP contribution in [-0.4, -0.2) is 24.9 Å². The summed E-state index contributed by atoms with van der Waals surface area (Å²) in [5, 5.41) is 5.36. The molecular formula is C16H20N2O4. The first kappa shape index (κ1) is 17.4. The van der Waals surface area contributed by atoms with Gasteiger partial charge in [-0.1, -0.05) is 18.7 Å². The fraction of sp³-hybridized carbons (Fsp3) is 0.312. The average molecular weight is 304 g/mol. The predicted octanol–water partition coefficient (Wildman–Crippen LogP) is 2.48. The second-order valence-electron chi connectivity index (χ2n) is 4.57. The molecule has 0 spiro atoms. The molecule has 0 fully saturated rings. The number of methoxy groups -OCH3 is 1. The largest absolute Gasteiger partial charge is 0.469 e. The van der Waals surface area contributed by atoms with Gasteiger partial charge in [-0.3, -0.25) is 14.4 Å². The molecule has 0 aromatic heterocycles. The Morgan fingerprint density at radius 1 is 1.09 bits per heavy atom. The number of para-hydroxylation sites is 2. The van der Waals surface area contributed by atoms with Crippen molar-refractivity contribution in [1.82, 2.24) is 0 Å². The molecule has 6 heteroatoms. The Hall–Kier alpha value is -2.63. The van der Waals surface area contributed by atoms with Crippen molar-refractivity contribution in [2.24, 2.45) is 0 Å². The van der Waals surface area contributed by atoms with Crippen LogP contribution in [0.2, 0.25) is 0 Å². The Morgan fingerprint density at radius 2 is 1.68 bits per heavy atom. The highest BCUT2D eigenvalue weighted by molar-refractivity contribution is 6.03. The van der Waals surface area contributed by atoms with E-state index in [1.165, 1.54) is 7.11 Å². The quantitative estimate of drug-likeness (QED) is 0.439. The minimum Gasteiger partial charge on any atom is -0.469 e. The van der Waals surface area contributed by atoms with Crippen LogP contribution in [-0.2, 0) is 19.1 Å². The summed E-state index contributed by atoms with van der Waals surface area (Å²) in [6.07, 6.45) is 2.93. The number of ether oxygens (including phenoxy) is 1. The van der Waals surface area contributed by atoms with Crippen molar-refractivity contribution in [3.05, 3.63) is 36.9 Å². The summed E-state index contributed by atoms with van der Waals surface area (Å²) < 4.78 is 4.53. The molecule has 0 atom stereocenters. The third-order valence-corrected chi connectivity index (χ3v) is 2.91. The van der Waals surface area contributed by atoms with E-state index in [0.717, 1.165) is 6.08 Å². The lowest BCUT2D eigenvalue weighted by molar-refractivity contribution is -0.140. The first-order valence-electron chi connectivity index (χ1n) is 6.96. The minimum absolute atomic E-state index is 0.176. The van der Waals surface area contributed by atoms with Crippen molar-refractivity contribution in [2.45, 2.75) is 25.7 Å². The minimum atomic E-state index is -0.347. The van der Waals surface area contributed by atoms with Crippen molar-refractivity contribution < 1.29 is 19.1 Å². The maximum Gasteiger partial charge on any atom is 0.305 e. The van der Waals surface area contributed by atoms with E-state index in [1.807, 2.05) is 0 Å². The van der Waals surface area contributed by atoms with Gasteiger partial charge in [0, 0.05) is 12.8 Å². The van der Waals surface area contributed by atoms with E-state index in [4.69, 9.17) is 0 Å². The molecule has 118 valence electrons. The summed E-state index contributed by atoms with van der Waals surface area (Å²) >= 11 is 0. The van der Waals surface area contributed by atoms with Gasteiger partial charge in [-0.15, -0.1) is 0 Å². The summed E-state index contributed by atoms with van der Waals surface area (Å²) in [6, 6.07) is 6.90. The summed E-state index contributed by atoms with van der Waals surface area (Å²) in [5.74, 6) is -0.803. The Bertz CT molecular complexity index is 555. The molecule has 2 N–H and O–H groups in total. The van der Waals surface area contributed by atoms with Gasteiger partial charge in [-0.2, -0.15) is 0 Å². The van der Waals surface area contributed by atoms with Gasteiger partial charge >= 0.3 is 5.97 Å². The molecule has 1 aromatic carbocycles. The number of hydrogen-bond donors (Lipinski definition) is 2. The Labute approximate surface area is 129 Å². The topological polar surface area (TPSA) is 84.5 Å². The summed E-state index contributed by atoms with van der Waals surface area (Å²) in [6.45, 7) is 3.38. The number of hydrogen-bond acceptors (Lipinski definition) is 4. The normalized spacial score (nSPS) is 9.68. The molecule has 22 heavy (non-hydrogen) atoms. The molecule has 0 heterocycles. The molecule has 1 aromatic rings. The van der Waals surface area contributed by atoms with Gasteiger partial charge in [0.25, 0.3) is 0 Å². The molecule has 0 bridgehead atoms. The first-order chi connectivity index (χ1) is 10.6. The number of nitrogens with one attached hydrogen (secondary N) is 2. The van der Waals surface area contributed by atoms with E-state index in [9.17, 15) is 14.4 Å². The highest BCUT2D eigenvalue weighted by Gasteiger charge is 2.08. The SMILES string of the molecule is C=CC(=O)Nc1ccccc1NC(=O)CCCCC(=O)OC. The van der Waals surface area contributed by atoms with E-state index in [2.05, 4.69) is 21.9 Å². The lowest BCUT2D eigenvalue weighted by Crippen LogP contribution is -2.15. The van der Waals surface area contributed by atoms with Gasteiger partial charge in [-0.05, 0) is 31.1 Å². The van der Waals surface area contributed by atoms with Crippen LogP contribution in [0.3, 0.4) is 0 Å². The molecule has 1 rings (SSSR count). The van der Waals surface area contributed by atoms with Gasteiger partial charge in [0.2, 0.25) is 11.8 Å². The zero-order valence-corrected chi connectivity index (χ0v) is 12.6. The number of carbonyl (C=O) groups is 3. The number of unbranched alkanes of at least 4 members (excludes halogenated alkanes) is 1. The predicted molar refractivity (Wildman–Crippen MR) is 84.4 cm³/mol.